The quantitative estimate of drug-likeness (QED) is 0.125. The SMILES string of the molecule is c1ccc(N(c2ccccc2)c2ccc(-c3nc4ccccc4c4c3c(P(c3ccccc3)c3ccccc3)cc3ccccc34)cc2)cc1. The van der Waals surface area contributed by atoms with Crippen molar-refractivity contribution >= 4 is 73.3 Å². The number of anilines is 3. The molecular weight excluding hydrogens is 624 g/mol. The van der Waals surface area contributed by atoms with Crippen molar-refractivity contribution in [1.82, 2.24) is 4.98 Å². The number of pyridine rings is 1. The van der Waals surface area contributed by atoms with Crippen molar-refractivity contribution in [1.29, 1.82) is 0 Å². The molecule has 9 aromatic rings. The summed E-state index contributed by atoms with van der Waals surface area (Å²) in [7, 11) is -0.906. The fourth-order valence-corrected chi connectivity index (χ4v) is 9.65. The molecule has 0 atom stereocenters. The molecule has 50 heavy (non-hydrogen) atoms. The first-order valence-corrected chi connectivity index (χ1v) is 18.3. The molecule has 0 N–H and O–H groups in total. The molecule has 0 amide bonds. The Hall–Kier alpha value is -6.08. The molecule has 1 aromatic heterocycles. The number of fused-ring (bicyclic) bond motifs is 5. The highest BCUT2D eigenvalue weighted by Crippen LogP contribution is 2.44. The fraction of sp³-hybridized carbons (Fsp3) is 0. The molecule has 236 valence electrons. The van der Waals surface area contributed by atoms with Crippen molar-refractivity contribution in [3.05, 3.63) is 200 Å². The molecule has 0 unspecified atom stereocenters. The summed E-state index contributed by atoms with van der Waals surface area (Å²) >= 11 is 0. The molecule has 3 heteroatoms. The van der Waals surface area contributed by atoms with Gasteiger partial charge >= 0.3 is 0 Å². The number of rotatable bonds is 7. The van der Waals surface area contributed by atoms with Gasteiger partial charge in [0.1, 0.15) is 0 Å². The van der Waals surface area contributed by atoms with E-state index in [1.54, 1.807) is 0 Å². The Labute approximate surface area is 293 Å². The molecule has 8 aromatic carbocycles. The molecule has 0 fully saturated rings. The predicted octanol–water partition coefficient (Wildman–Crippen LogP) is 11.4. The second-order valence-corrected chi connectivity index (χ2v) is 14.6. The summed E-state index contributed by atoms with van der Waals surface area (Å²) in [6, 6.07) is 72.0. The second-order valence-electron chi connectivity index (χ2n) is 12.4. The average Bonchev–Trinajstić information content (AvgIpc) is 3.19. The van der Waals surface area contributed by atoms with Crippen LogP contribution in [0.15, 0.2) is 200 Å². The molecule has 0 saturated carbocycles. The Bertz CT molecular complexity index is 2480. The lowest BCUT2D eigenvalue weighted by molar-refractivity contribution is 1.28. The van der Waals surface area contributed by atoms with Crippen LogP contribution in [0.4, 0.5) is 17.1 Å². The number of hydrogen-bond donors (Lipinski definition) is 0. The van der Waals surface area contributed by atoms with Crippen LogP contribution >= 0.6 is 7.92 Å². The Balaban J connectivity index is 1.33. The highest BCUT2D eigenvalue weighted by Gasteiger charge is 2.24. The molecule has 0 aliphatic rings. The molecule has 1 heterocycles. The van der Waals surface area contributed by atoms with E-state index < -0.39 is 7.92 Å². The van der Waals surface area contributed by atoms with Gasteiger partial charge in [-0.3, -0.25) is 0 Å². The monoisotopic (exact) mass is 656 g/mol. The first-order chi connectivity index (χ1) is 24.8. The fourth-order valence-electron chi connectivity index (χ4n) is 7.15. The summed E-state index contributed by atoms with van der Waals surface area (Å²) in [5.41, 5.74) is 6.43. The van der Waals surface area contributed by atoms with Crippen molar-refractivity contribution in [2.45, 2.75) is 0 Å². The third-order valence-corrected chi connectivity index (χ3v) is 11.8. The van der Waals surface area contributed by atoms with Crippen LogP contribution in [0.2, 0.25) is 0 Å². The van der Waals surface area contributed by atoms with Crippen LogP contribution in [-0.4, -0.2) is 4.98 Å². The normalized spacial score (nSPS) is 11.4. The van der Waals surface area contributed by atoms with Crippen molar-refractivity contribution in [3.63, 3.8) is 0 Å². The average molecular weight is 657 g/mol. The second kappa shape index (κ2) is 13.1. The Morgan fingerprint density at radius 3 is 1.48 bits per heavy atom. The van der Waals surface area contributed by atoms with Crippen molar-refractivity contribution in [2.75, 3.05) is 4.90 Å². The van der Waals surface area contributed by atoms with Gasteiger partial charge in [0.15, 0.2) is 0 Å². The summed E-state index contributed by atoms with van der Waals surface area (Å²) in [6.07, 6.45) is 0. The molecule has 0 bridgehead atoms. The minimum atomic E-state index is -0.906. The minimum Gasteiger partial charge on any atom is -0.311 e. The van der Waals surface area contributed by atoms with Gasteiger partial charge in [-0.05, 0) is 83.1 Å². The third kappa shape index (κ3) is 5.41. The van der Waals surface area contributed by atoms with E-state index in [1.807, 2.05) is 0 Å². The van der Waals surface area contributed by atoms with Gasteiger partial charge in [0.25, 0.3) is 0 Å². The highest BCUT2D eigenvalue weighted by molar-refractivity contribution is 7.80. The number of aromatic nitrogens is 1. The minimum absolute atomic E-state index is 0.906. The number of nitrogens with zero attached hydrogens (tertiary/aromatic N) is 2. The topological polar surface area (TPSA) is 16.1 Å². The number of para-hydroxylation sites is 3. The lowest BCUT2D eigenvalue weighted by Gasteiger charge is -2.26. The summed E-state index contributed by atoms with van der Waals surface area (Å²) in [4.78, 5) is 7.80. The summed E-state index contributed by atoms with van der Waals surface area (Å²) < 4.78 is 0. The smallest absolute Gasteiger partial charge is 0.0794 e. The van der Waals surface area contributed by atoms with Crippen molar-refractivity contribution in [3.8, 4) is 11.3 Å². The van der Waals surface area contributed by atoms with Gasteiger partial charge in [-0.2, -0.15) is 0 Å². The molecule has 0 aliphatic heterocycles. The predicted molar refractivity (Wildman–Crippen MR) is 216 cm³/mol. The van der Waals surface area contributed by atoms with Crippen LogP contribution in [0.3, 0.4) is 0 Å². The molecule has 2 nitrogen and oxygen atoms in total. The highest BCUT2D eigenvalue weighted by atomic mass is 31.1. The van der Waals surface area contributed by atoms with Gasteiger partial charge in [-0.15, -0.1) is 0 Å². The van der Waals surface area contributed by atoms with E-state index in [2.05, 4.69) is 205 Å². The largest absolute Gasteiger partial charge is 0.311 e. The van der Waals surface area contributed by atoms with E-state index in [-0.39, 0.29) is 0 Å². The third-order valence-electron chi connectivity index (χ3n) is 9.37. The molecule has 0 saturated heterocycles. The van der Waals surface area contributed by atoms with E-state index >= 15 is 0 Å². The number of hydrogen-bond acceptors (Lipinski definition) is 2. The van der Waals surface area contributed by atoms with Crippen LogP contribution in [0.1, 0.15) is 0 Å². The van der Waals surface area contributed by atoms with E-state index in [1.165, 1.54) is 42.8 Å². The lowest BCUT2D eigenvalue weighted by atomic mass is 9.95. The zero-order chi connectivity index (χ0) is 33.3. The summed E-state index contributed by atoms with van der Waals surface area (Å²) in [5, 5.41) is 10.1. The maximum Gasteiger partial charge on any atom is 0.0794 e. The van der Waals surface area contributed by atoms with Gasteiger partial charge in [0, 0.05) is 38.8 Å². The van der Waals surface area contributed by atoms with Crippen LogP contribution < -0.4 is 20.8 Å². The summed E-state index contributed by atoms with van der Waals surface area (Å²) in [5.74, 6) is 0. The van der Waals surface area contributed by atoms with Gasteiger partial charge < -0.3 is 4.90 Å². The van der Waals surface area contributed by atoms with Crippen LogP contribution in [-0.2, 0) is 0 Å². The van der Waals surface area contributed by atoms with E-state index in [0.29, 0.717) is 0 Å². The molecular formula is C47H33N2P. The first-order valence-electron chi connectivity index (χ1n) is 17.0. The molecule has 0 aliphatic carbocycles. The molecule has 0 radical (unpaired) electrons. The van der Waals surface area contributed by atoms with Gasteiger partial charge in [-0.1, -0.05) is 152 Å². The first kappa shape index (κ1) is 30.0. The van der Waals surface area contributed by atoms with Gasteiger partial charge in [0.2, 0.25) is 0 Å². The number of benzene rings is 8. The Morgan fingerprint density at radius 1 is 0.400 bits per heavy atom. The van der Waals surface area contributed by atoms with Gasteiger partial charge in [0.05, 0.1) is 11.2 Å². The van der Waals surface area contributed by atoms with E-state index in [0.717, 1.165) is 33.8 Å². The van der Waals surface area contributed by atoms with Crippen molar-refractivity contribution in [2.24, 2.45) is 0 Å². The van der Waals surface area contributed by atoms with E-state index in [9.17, 15) is 0 Å². The maximum absolute atomic E-state index is 5.50. The Kier molecular flexibility index (Phi) is 7.85. The van der Waals surface area contributed by atoms with Crippen LogP contribution in [0, 0.1) is 0 Å². The molecule has 9 rings (SSSR count). The van der Waals surface area contributed by atoms with Gasteiger partial charge in [-0.25, -0.2) is 4.98 Å². The molecule has 0 spiro atoms. The zero-order valence-corrected chi connectivity index (χ0v) is 28.3. The zero-order valence-electron chi connectivity index (χ0n) is 27.4. The van der Waals surface area contributed by atoms with E-state index in [4.69, 9.17) is 4.98 Å². The van der Waals surface area contributed by atoms with Crippen LogP contribution in [0.5, 0.6) is 0 Å². The summed E-state index contributed by atoms with van der Waals surface area (Å²) in [6.45, 7) is 0. The van der Waals surface area contributed by atoms with Crippen LogP contribution in [0.25, 0.3) is 43.7 Å². The lowest BCUT2D eigenvalue weighted by Crippen LogP contribution is -2.22. The van der Waals surface area contributed by atoms with Crippen molar-refractivity contribution < 1.29 is 0 Å². The Morgan fingerprint density at radius 2 is 0.880 bits per heavy atom. The standard InChI is InChI=1S/C47H33N2P/c1-5-18-36(19-6-1)49(37-20-7-2-8-21-37)38-31-29-34(30-32-38)47-46-44(50(39-22-9-3-10-23-39)40-24-11-4-12-25-40)33-35-17-13-14-26-41(35)45(46)42-27-15-16-28-43(42)48-47/h1-33H. The maximum atomic E-state index is 5.50.